The fraction of sp³-hybridized carbons (Fsp3) is 0.115. The quantitative estimate of drug-likeness (QED) is 0.285. The van der Waals surface area contributed by atoms with Crippen LogP contribution in [0.1, 0.15) is 11.1 Å². The fourth-order valence-electron chi connectivity index (χ4n) is 3.57. The van der Waals surface area contributed by atoms with E-state index in [2.05, 4.69) is 5.32 Å². The minimum Gasteiger partial charge on any atom is -0.495 e. The highest BCUT2D eigenvalue weighted by atomic mass is 35.5. The third-order valence-electron chi connectivity index (χ3n) is 5.39. The van der Waals surface area contributed by atoms with Crippen LogP contribution >= 0.6 is 34.8 Å². The average molecular weight is 562 g/mol. The summed E-state index contributed by atoms with van der Waals surface area (Å²) in [6.07, 6.45) is 1.35. The van der Waals surface area contributed by atoms with Crippen molar-refractivity contribution < 1.29 is 28.6 Å². The van der Waals surface area contributed by atoms with Gasteiger partial charge in [-0.3, -0.25) is 14.9 Å². The Labute approximate surface area is 227 Å². The second kappa shape index (κ2) is 11.1. The van der Waals surface area contributed by atoms with Crippen molar-refractivity contribution in [2.75, 3.05) is 19.1 Å². The molecule has 0 atom stereocenters. The van der Waals surface area contributed by atoms with Crippen LogP contribution in [0.15, 0.2) is 60.2 Å². The molecule has 1 N–H and O–H groups in total. The molecule has 0 aromatic heterocycles. The zero-order valence-electron chi connectivity index (χ0n) is 19.5. The Hall–Kier alpha value is -3.72. The summed E-state index contributed by atoms with van der Waals surface area (Å²) >= 11 is 18.2. The number of benzene rings is 3. The van der Waals surface area contributed by atoms with E-state index in [0.29, 0.717) is 21.4 Å². The van der Waals surface area contributed by atoms with E-state index in [1.807, 2.05) is 0 Å². The second-order valence-electron chi connectivity index (χ2n) is 7.69. The molecule has 1 aliphatic rings. The topological polar surface area (TPSA) is 94.2 Å². The van der Waals surface area contributed by atoms with Crippen LogP contribution in [-0.4, -0.2) is 32.1 Å². The van der Waals surface area contributed by atoms with Gasteiger partial charge >= 0.3 is 6.03 Å². The summed E-state index contributed by atoms with van der Waals surface area (Å²) in [5, 5.41) is 3.21. The van der Waals surface area contributed by atoms with Crippen molar-refractivity contribution in [1.29, 1.82) is 0 Å². The lowest BCUT2D eigenvalue weighted by molar-refractivity contribution is -0.122. The molecule has 1 heterocycles. The Morgan fingerprint density at radius 3 is 2.27 bits per heavy atom. The molecule has 0 aliphatic carbocycles. The number of ether oxygens (including phenoxy) is 3. The molecule has 1 saturated heterocycles. The monoisotopic (exact) mass is 560 g/mol. The lowest BCUT2D eigenvalue weighted by Gasteiger charge is -2.28. The number of halogens is 3. The van der Waals surface area contributed by atoms with Crippen molar-refractivity contribution in [1.82, 2.24) is 5.32 Å². The van der Waals surface area contributed by atoms with E-state index in [-0.39, 0.29) is 34.4 Å². The van der Waals surface area contributed by atoms with E-state index in [1.54, 1.807) is 42.5 Å². The van der Waals surface area contributed by atoms with E-state index in [4.69, 9.17) is 49.0 Å². The smallest absolute Gasteiger partial charge is 0.336 e. The van der Waals surface area contributed by atoms with Gasteiger partial charge in [-0.2, -0.15) is 0 Å². The molecule has 0 unspecified atom stereocenters. The minimum absolute atomic E-state index is 0.0498. The molecular weight excluding hydrogens is 543 g/mol. The number of imide groups is 2. The van der Waals surface area contributed by atoms with Gasteiger partial charge in [-0.1, -0.05) is 59.1 Å². The number of nitrogens with zero attached hydrogens (tertiary/aromatic N) is 1. The number of nitrogens with one attached hydrogen (secondary N) is 1. The maximum absolute atomic E-state index is 13.4. The summed E-state index contributed by atoms with van der Waals surface area (Å²) in [4.78, 5) is 39.6. The number of hydrogen-bond acceptors (Lipinski definition) is 6. The summed E-state index contributed by atoms with van der Waals surface area (Å²) < 4.78 is 16.4. The predicted molar refractivity (Wildman–Crippen MR) is 141 cm³/mol. The molecule has 0 saturated carbocycles. The van der Waals surface area contributed by atoms with Gasteiger partial charge in [0.15, 0.2) is 0 Å². The summed E-state index contributed by atoms with van der Waals surface area (Å²) in [5.41, 5.74) is 0.967. The SMILES string of the molecule is COc1cc(N2C(=O)NC(=O)/C(=C\c3ccccc3OCc3ccc(Cl)c(Cl)c3)C2=O)c(OC)cc1Cl. The molecule has 8 nitrogen and oxygen atoms in total. The molecule has 0 bridgehead atoms. The summed E-state index contributed by atoms with van der Waals surface area (Å²) in [6.45, 7) is 0.156. The van der Waals surface area contributed by atoms with E-state index in [9.17, 15) is 14.4 Å². The molecule has 3 aromatic carbocycles. The lowest BCUT2D eigenvalue weighted by Crippen LogP contribution is -2.54. The third kappa shape index (κ3) is 5.51. The number of anilines is 1. The first-order chi connectivity index (χ1) is 17.7. The van der Waals surface area contributed by atoms with Crippen LogP contribution in [0.25, 0.3) is 6.08 Å². The number of carbonyl (C=O) groups is 3. The fourth-order valence-corrected chi connectivity index (χ4v) is 4.12. The summed E-state index contributed by atoms with van der Waals surface area (Å²) in [6, 6.07) is 13.8. The Bertz CT molecular complexity index is 1440. The van der Waals surface area contributed by atoms with Crippen LogP contribution in [0, 0.1) is 0 Å². The number of rotatable bonds is 7. The van der Waals surface area contributed by atoms with Crippen molar-refractivity contribution in [3.05, 3.63) is 86.4 Å². The highest BCUT2D eigenvalue weighted by Crippen LogP contribution is 2.39. The molecular formula is C26H19Cl3N2O6. The standard InChI is InChI=1S/C26H19Cl3N2O6/c1-35-22-12-20(23(36-2)11-19(22)29)31-25(33)16(24(32)30-26(31)34)10-15-5-3-4-6-21(15)37-13-14-7-8-17(27)18(28)9-14/h3-12H,13H2,1-2H3,(H,30,32,34)/b16-10+. The van der Waals surface area contributed by atoms with Crippen LogP contribution < -0.4 is 24.4 Å². The summed E-state index contributed by atoms with van der Waals surface area (Å²) in [7, 11) is 2.75. The first kappa shape index (κ1) is 26.3. The van der Waals surface area contributed by atoms with Crippen LogP contribution in [0.5, 0.6) is 17.2 Å². The van der Waals surface area contributed by atoms with Gasteiger partial charge in [0.25, 0.3) is 11.8 Å². The van der Waals surface area contributed by atoms with Crippen LogP contribution in [-0.2, 0) is 16.2 Å². The van der Waals surface area contributed by atoms with Gasteiger partial charge in [0.1, 0.15) is 29.4 Å². The molecule has 3 aromatic rings. The number of hydrogen-bond donors (Lipinski definition) is 1. The summed E-state index contributed by atoms with van der Waals surface area (Å²) in [5.74, 6) is -0.980. The van der Waals surface area contributed by atoms with Gasteiger partial charge in [-0.25, -0.2) is 9.69 Å². The average Bonchev–Trinajstić information content (AvgIpc) is 2.88. The second-order valence-corrected chi connectivity index (χ2v) is 8.91. The molecule has 0 spiro atoms. The first-order valence-corrected chi connectivity index (χ1v) is 11.9. The molecule has 1 fully saturated rings. The van der Waals surface area contributed by atoms with Gasteiger partial charge in [-0.15, -0.1) is 0 Å². The normalized spacial score (nSPS) is 14.6. The van der Waals surface area contributed by atoms with E-state index in [0.717, 1.165) is 10.5 Å². The molecule has 4 amide bonds. The molecule has 1 aliphatic heterocycles. The zero-order valence-corrected chi connectivity index (χ0v) is 21.8. The van der Waals surface area contributed by atoms with Crippen molar-refractivity contribution in [2.45, 2.75) is 6.61 Å². The van der Waals surface area contributed by atoms with Crippen LogP contribution in [0.4, 0.5) is 10.5 Å². The molecule has 11 heteroatoms. The van der Waals surface area contributed by atoms with Gasteiger partial charge < -0.3 is 14.2 Å². The van der Waals surface area contributed by atoms with Crippen LogP contribution in [0.2, 0.25) is 15.1 Å². The molecule has 190 valence electrons. The van der Waals surface area contributed by atoms with Crippen LogP contribution in [0.3, 0.4) is 0 Å². The zero-order chi connectivity index (χ0) is 26.7. The van der Waals surface area contributed by atoms with Gasteiger partial charge in [0.05, 0.1) is 35.0 Å². The van der Waals surface area contributed by atoms with Gasteiger partial charge in [0.2, 0.25) is 0 Å². The van der Waals surface area contributed by atoms with E-state index >= 15 is 0 Å². The number of carbonyl (C=O) groups excluding carboxylic acids is 3. The van der Waals surface area contributed by atoms with Crippen molar-refractivity contribution in [3.8, 4) is 17.2 Å². The maximum atomic E-state index is 13.4. The van der Waals surface area contributed by atoms with Crippen molar-refractivity contribution >= 4 is 64.4 Å². The Balaban J connectivity index is 1.69. The van der Waals surface area contributed by atoms with E-state index < -0.39 is 17.8 Å². The lowest BCUT2D eigenvalue weighted by atomic mass is 10.1. The highest BCUT2D eigenvalue weighted by Gasteiger charge is 2.38. The number of barbiturate groups is 1. The Kier molecular flexibility index (Phi) is 7.92. The number of methoxy groups -OCH3 is 2. The maximum Gasteiger partial charge on any atom is 0.336 e. The largest absolute Gasteiger partial charge is 0.495 e. The Morgan fingerprint density at radius 2 is 1.57 bits per heavy atom. The number of urea groups is 1. The molecule has 0 radical (unpaired) electrons. The number of para-hydroxylation sites is 1. The Morgan fingerprint density at radius 1 is 0.838 bits per heavy atom. The van der Waals surface area contributed by atoms with E-state index in [1.165, 1.54) is 32.4 Å². The third-order valence-corrected chi connectivity index (χ3v) is 6.43. The van der Waals surface area contributed by atoms with Gasteiger partial charge in [-0.05, 0) is 29.8 Å². The highest BCUT2D eigenvalue weighted by molar-refractivity contribution is 6.42. The van der Waals surface area contributed by atoms with Crippen molar-refractivity contribution in [2.24, 2.45) is 0 Å². The molecule has 37 heavy (non-hydrogen) atoms. The first-order valence-electron chi connectivity index (χ1n) is 10.7. The van der Waals surface area contributed by atoms with Gasteiger partial charge in [0, 0.05) is 17.7 Å². The molecule has 4 rings (SSSR count). The number of amides is 4. The predicted octanol–water partition coefficient (Wildman–Crippen LogP) is 5.91. The van der Waals surface area contributed by atoms with Crippen molar-refractivity contribution in [3.63, 3.8) is 0 Å². The minimum atomic E-state index is -0.945.